The number of nitrogens with one attached hydrogen (secondary N) is 1. The molecule has 2 aromatic heterocycles. The van der Waals surface area contributed by atoms with Gasteiger partial charge in [-0.3, -0.25) is 4.40 Å². The summed E-state index contributed by atoms with van der Waals surface area (Å²) in [5.41, 5.74) is -2.13. The lowest BCUT2D eigenvalue weighted by Gasteiger charge is -2.41. The number of anilines is 1. The summed E-state index contributed by atoms with van der Waals surface area (Å²) in [7, 11) is 0. The fraction of sp³-hybridized carbons (Fsp3) is 0.368. The number of aromatic nitrogens is 3. The van der Waals surface area contributed by atoms with Gasteiger partial charge in [0, 0.05) is 17.8 Å². The predicted molar refractivity (Wildman–Crippen MR) is 97.4 cm³/mol. The third-order valence-corrected chi connectivity index (χ3v) is 4.96. The summed E-state index contributed by atoms with van der Waals surface area (Å²) >= 11 is 0. The van der Waals surface area contributed by atoms with Crippen molar-refractivity contribution in [3.8, 4) is 17.0 Å². The first-order valence-electron chi connectivity index (χ1n) is 9.12. The van der Waals surface area contributed by atoms with Crippen molar-refractivity contribution in [1.82, 2.24) is 14.6 Å². The molecular formula is C19H16F6N4O2. The molecule has 1 aromatic carbocycles. The minimum Gasteiger partial charge on any atom is -0.405 e. The molecule has 166 valence electrons. The fourth-order valence-corrected chi connectivity index (χ4v) is 3.64. The molecule has 0 aliphatic heterocycles. The lowest BCUT2D eigenvalue weighted by molar-refractivity contribution is -0.274. The minimum atomic E-state index is -5.20. The van der Waals surface area contributed by atoms with Gasteiger partial charge in [0.15, 0.2) is 0 Å². The van der Waals surface area contributed by atoms with Crippen LogP contribution in [0.15, 0.2) is 36.5 Å². The van der Waals surface area contributed by atoms with Crippen molar-refractivity contribution >= 4 is 11.5 Å². The summed E-state index contributed by atoms with van der Waals surface area (Å²) in [5, 5.41) is 20.9. The number of hydrogen-bond donors (Lipinski definition) is 2. The molecule has 0 saturated heterocycles. The summed E-state index contributed by atoms with van der Waals surface area (Å²) in [6.07, 6.45) is -7.52. The van der Waals surface area contributed by atoms with Gasteiger partial charge in [0.2, 0.25) is 5.95 Å². The Morgan fingerprint density at radius 2 is 1.84 bits per heavy atom. The molecule has 12 heteroatoms. The molecule has 1 fully saturated rings. The lowest BCUT2D eigenvalue weighted by Crippen LogP contribution is -2.48. The molecular weight excluding hydrogens is 430 g/mol. The van der Waals surface area contributed by atoms with Crippen LogP contribution in [0.5, 0.6) is 5.75 Å². The van der Waals surface area contributed by atoms with Gasteiger partial charge in [-0.05, 0) is 50.1 Å². The van der Waals surface area contributed by atoms with Gasteiger partial charge in [-0.2, -0.15) is 13.2 Å². The Balaban J connectivity index is 1.76. The van der Waals surface area contributed by atoms with E-state index in [4.69, 9.17) is 0 Å². The second kappa shape index (κ2) is 7.01. The van der Waals surface area contributed by atoms with Gasteiger partial charge in [-0.1, -0.05) is 0 Å². The minimum absolute atomic E-state index is 0.0732. The number of alkyl halides is 6. The molecule has 0 atom stereocenters. The Bertz CT molecular complexity index is 1110. The summed E-state index contributed by atoms with van der Waals surface area (Å²) < 4.78 is 83.0. The molecule has 1 aliphatic carbocycles. The fourth-order valence-electron chi connectivity index (χ4n) is 3.64. The highest BCUT2D eigenvalue weighted by molar-refractivity contribution is 5.81. The van der Waals surface area contributed by atoms with E-state index in [1.54, 1.807) is 25.3 Å². The predicted octanol–water partition coefficient (Wildman–Crippen LogP) is 4.64. The quantitative estimate of drug-likeness (QED) is 0.572. The number of rotatable bonds is 4. The van der Waals surface area contributed by atoms with Gasteiger partial charge >= 0.3 is 12.5 Å². The zero-order valence-electron chi connectivity index (χ0n) is 15.9. The van der Waals surface area contributed by atoms with Crippen LogP contribution in [0.25, 0.3) is 16.8 Å². The Kier molecular flexibility index (Phi) is 4.80. The molecule has 2 N–H and O–H groups in total. The van der Waals surface area contributed by atoms with Crippen LogP contribution in [0.4, 0.5) is 32.3 Å². The highest BCUT2D eigenvalue weighted by Gasteiger charge is 2.39. The van der Waals surface area contributed by atoms with Gasteiger partial charge in [-0.15, -0.1) is 23.4 Å². The third kappa shape index (κ3) is 4.38. The third-order valence-electron chi connectivity index (χ3n) is 4.96. The van der Waals surface area contributed by atoms with E-state index < -0.39 is 29.5 Å². The Labute approximate surface area is 171 Å². The molecule has 0 bridgehead atoms. The first-order valence-corrected chi connectivity index (χ1v) is 9.12. The van der Waals surface area contributed by atoms with Crippen LogP contribution in [-0.4, -0.2) is 37.7 Å². The average molecular weight is 446 g/mol. The van der Waals surface area contributed by atoms with E-state index in [0.29, 0.717) is 24.4 Å². The van der Waals surface area contributed by atoms with Crippen molar-refractivity contribution in [1.29, 1.82) is 0 Å². The first kappa shape index (κ1) is 21.2. The van der Waals surface area contributed by atoms with E-state index in [-0.39, 0.29) is 29.3 Å². The summed E-state index contributed by atoms with van der Waals surface area (Å²) in [5.74, 6) is -0.745. The molecule has 1 aliphatic rings. The lowest BCUT2D eigenvalue weighted by atomic mass is 9.77. The van der Waals surface area contributed by atoms with E-state index >= 15 is 0 Å². The van der Waals surface area contributed by atoms with Crippen molar-refractivity contribution < 1.29 is 36.2 Å². The largest absolute Gasteiger partial charge is 0.573 e. The van der Waals surface area contributed by atoms with E-state index in [9.17, 15) is 31.4 Å². The van der Waals surface area contributed by atoms with Crippen molar-refractivity contribution in [2.24, 2.45) is 0 Å². The van der Waals surface area contributed by atoms with Crippen LogP contribution in [0.3, 0.4) is 0 Å². The van der Waals surface area contributed by atoms with Gasteiger partial charge in [0.05, 0.1) is 16.7 Å². The molecule has 31 heavy (non-hydrogen) atoms. The van der Waals surface area contributed by atoms with E-state index in [2.05, 4.69) is 20.3 Å². The molecule has 0 spiro atoms. The number of fused-ring (bicyclic) bond motifs is 1. The van der Waals surface area contributed by atoms with Gasteiger partial charge < -0.3 is 15.2 Å². The van der Waals surface area contributed by atoms with Gasteiger partial charge in [0.1, 0.15) is 11.4 Å². The van der Waals surface area contributed by atoms with Crippen LogP contribution < -0.4 is 10.1 Å². The second-order valence-electron chi connectivity index (χ2n) is 7.64. The van der Waals surface area contributed by atoms with Crippen LogP contribution in [0.2, 0.25) is 0 Å². The average Bonchev–Trinajstić information content (AvgIpc) is 3.09. The summed E-state index contributed by atoms with van der Waals surface area (Å²) in [4.78, 5) is 0. The number of hydrogen-bond acceptors (Lipinski definition) is 5. The smallest absolute Gasteiger partial charge is 0.405 e. The topological polar surface area (TPSA) is 71.7 Å². The number of halogens is 6. The van der Waals surface area contributed by atoms with Crippen molar-refractivity contribution in [2.45, 2.75) is 43.9 Å². The summed E-state index contributed by atoms with van der Waals surface area (Å²) in [6, 6.07) is 4.88. The Morgan fingerprint density at radius 1 is 1.13 bits per heavy atom. The number of benzene rings is 1. The van der Waals surface area contributed by atoms with Crippen LogP contribution >= 0.6 is 0 Å². The maximum absolute atomic E-state index is 13.0. The van der Waals surface area contributed by atoms with Crippen LogP contribution in [-0.2, 0) is 6.18 Å². The zero-order chi connectivity index (χ0) is 22.6. The van der Waals surface area contributed by atoms with Gasteiger partial charge in [0.25, 0.3) is 0 Å². The van der Waals surface area contributed by atoms with Gasteiger partial charge in [-0.25, -0.2) is 0 Å². The Morgan fingerprint density at radius 3 is 2.45 bits per heavy atom. The molecule has 0 amide bonds. The molecule has 0 radical (unpaired) electrons. The maximum Gasteiger partial charge on any atom is 0.573 e. The highest BCUT2D eigenvalue weighted by atomic mass is 19.4. The number of ether oxygens (including phenoxy) is 1. The van der Waals surface area contributed by atoms with E-state index in [1.807, 2.05) is 0 Å². The number of nitrogens with zero attached hydrogens (tertiary/aromatic N) is 3. The SMILES string of the molecule is CC1(O)CC(Nc2nnc(-c3ccc(C(F)(F)F)cc3OC(F)(F)F)c3cccn23)C1. The van der Waals surface area contributed by atoms with Crippen LogP contribution in [0.1, 0.15) is 25.3 Å². The normalized spacial score (nSPS) is 21.7. The van der Waals surface area contributed by atoms with Crippen molar-refractivity contribution in [3.63, 3.8) is 0 Å². The van der Waals surface area contributed by atoms with Crippen LogP contribution in [0, 0.1) is 0 Å². The highest BCUT2D eigenvalue weighted by Crippen LogP contribution is 2.40. The standard InChI is InChI=1S/C19H16F6N4O2/c1-17(30)8-11(9-17)26-16-28-27-15(13-3-2-6-29(13)16)12-5-4-10(18(20,21)22)7-14(12)31-19(23,24)25/h2-7,11,30H,8-9H2,1H3,(H,26,28). The number of aliphatic hydroxyl groups is 1. The van der Waals surface area contributed by atoms with E-state index in [1.165, 1.54) is 4.40 Å². The molecule has 1 saturated carbocycles. The van der Waals surface area contributed by atoms with Crippen molar-refractivity contribution in [2.75, 3.05) is 5.32 Å². The first-order chi connectivity index (χ1) is 14.3. The van der Waals surface area contributed by atoms with Crippen molar-refractivity contribution in [3.05, 3.63) is 42.1 Å². The van der Waals surface area contributed by atoms with E-state index in [0.717, 1.165) is 6.07 Å². The zero-order valence-corrected chi connectivity index (χ0v) is 15.9. The molecule has 0 unspecified atom stereocenters. The second-order valence-corrected chi connectivity index (χ2v) is 7.64. The monoisotopic (exact) mass is 446 g/mol. The molecule has 6 nitrogen and oxygen atoms in total. The Hall–Kier alpha value is -3.02. The molecule has 2 heterocycles. The summed E-state index contributed by atoms with van der Waals surface area (Å²) in [6.45, 7) is 1.69. The molecule has 4 rings (SSSR count). The maximum atomic E-state index is 13.0. The molecule has 3 aromatic rings.